The molecule has 25 heavy (non-hydrogen) atoms. The Balaban J connectivity index is 2.31. The van der Waals surface area contributed by atoms with Crippen LogP contribution in [0.4, 0.5) is 5.00 Å². The van der Waals surface area contributed by atoms with Gasteiger partial charge in [-0.25, -0.2) is 9.59 Å². The molecule has 0 bridgehead atoms. The SMILES string of the molecule is COC(=O)c1sc(NC(=O)Cn2nc(C)cc2C)c(C(=O)OC)c1C. The highest BCUT2D eigenvalue weighted by Gasteiger charge is 2.26. The van der Waals surface area contributed by atoms with Gasteiger partial charge in [0.1, 0.15) is 16.4 Å². The Bertz CT molecular complexity index is 837. The van der Waals surface area contributed by atoms with Gasteiger partial charge in [0, 0.05) is 5.69 Å². The van der Waals surface area contributed by atoms with Crippen LogP contribution in [-0.2, 0) is 20.8 Å². The van der Waals surface area contributed by atoms with Crippen LogP contribution >= 0.6 is 11.3 Å². The van der Waals surface area contributed by atoms with E-state index in [0.29, 0.717) is 5.56 Å². The summed E-state index contributed by atoms with van der Waals surface area (Å²) < 4.78 is 11.0. The number of thiophene rings is 1. The van der Waals surface area contributed by atoms with Crippen LogP contribution in [0.25, 0.3) is 0 Å². The predicted molar refractivity (Wildman–Crippen MR) is 92.1 cm³/mol. The summed E-state index contributed by atoms with van der Waals surface area (Å²) in [6, 6.07) is 1.86. The molecule has 0 unspecified atom stereocenters. The molecule has 2 aromatic rings. The number of rotatable bonds is 5. The van der Waals surface area contributed by atoms with Gasteiger partial charge in [0.05, 0.1) is 25.5 Å². The van der Waals surface area contributed by atoms with Crippen molar-refractivity contribution < 1.29 is 23.9 Å². The minimum atomic E-state index is -0.634. The Morgan fingerprint density at radius 1 is 1.16 bits per heavy atom. The summed E-state index contributed by atoms with van der Waals surface area (Å²) in [5.41, 5.74) is 2.21. The molecule has 1 N–H and O–H groups in total. The Hall–Kier alpha value is -2.68. The van der Waals surface area contributed by atoms with Crippen molar-refractivity contribution >= 4 is 34.2 Å². The monoisotopic (exact) mass is 365 g/mol. The Labute approximate surface area is 148 Å². The van der Waals surface area contributed by atoms with Crippen LogP contribution in [0.1, 0.15) is 37.0 Å². The highest BCUT2D eigenvalue weighted by atomic mass is 32.1. The topological polar surface area (TPSA) is 99.5 Å². The van der Waals surface area contributed by atoms with Crippen molar-refractivity contribution in [2.75, 3.05) is 19.5 Å². The molecular weight excluding hydrogens is 346 g/mol. The van der Waals surface area contributed by atoms with Crippen LogP contribution in [0.3, 0.4) is 0 Å². The molecule has 0 aliphatic heterocycles. The van der Waals surface area contributed by atoms with Crippen molar-refractivity contribution in [3.8, 4) is 0 Å². The van der Waals surface area contributed by atoms with Crippen molar-refractivity contribution in [2.45, 2.75) is 27.3 Å². The number of carbonyl (C=O) groups excluding carboxylic acids is 3. The summed E-state index contributed by atoms with van der Waals surface area (Å²) in [4.78, 5) is 36.5. The van der Waals surface area contributed by atoms with Gasteiger partial charge in [-0.05, 0) is 32.4 Å². The van der Waals surface area contributed by atoms with E-state index < -0.39 is 11.9 Å². The quantitative estimate of drug-likeness (QED) is 0.815. The van der Waals surface area contributed by atoms with Crippen molar-refractivity contribution in [1.29, 1.82) is 0 Å². The van der Waals surface area contributed by atoms with Gasteiger partial charge in [0.25, 0.3) is 0 Å². The first-order chi connectivity index (χ1) is 11.8. The number of ether oxygens (including phenoxy) is 2. The number of anilines is 1. The molecule has 0 aliphatic rings. The van der Waals surface area contributed by atoms with Gasteiger partial charge in [-0.2, -0.15) is 5.10 Å². The maximum absolute atomic E-state index is 12.3. The molecule has 2 heterocycles. The number of aromatic nitrogens is 2. The van der Waals surface area contributed by atoms with E-state index in [1.54, 1.807) is 11.6 Å². The summed E-state index contributed by atoms with van der Waals surface area (Å²) in [6.07, 6.45) is 0. The molecular formula is C16H19N3O5S. The fraction of sp³-hybridized carbons (Fsp3) is 0.375. The van der Waals surface area contributed by atoms with E-state index in [4.69, 9.17) is 9.47 Å². The van der Waals surface area contributed by atoms with Gasteiger partial charge < -0.3 is 14.8 Å². The summed E-state index contributed by atoms with van der Waals surface area (Å²) >= 11 is 0.974. The molecule has 0 atom stereocenters. The Morgan fingerprint density at radius 2 is 1.80 bits per heavy atom. The zero-order valence-electron chi connectivity index (χ0n) is 14.6. The van der Waals surface area contributed by atoms with Crippen LogP contribution < -0.4 is 5.32 Å². The van der Waals surface area contributed by atoms with E-state index in [9.17, 15) is 14.4 Å². The van der Waals surface area contributed by atoms with Crippen molar-refractivity contribution in [3.63, 3.8) is 0 Å². The number of methoxy groups -OCH3 is 2. The summed E-state index contributed by atoms with van der Waals surface area (Å²) in [5.74, 6) is -1.58. The van der Waals surface area contributed by atoms with Crippen LogP contribution in [-0.4, -0.2) is 41.8 Å². The van der Waals surface area contributed by atoms with E-state index >= 15 is 0 Å². The van der Waals surface area contributed by atoms with E-state index in [0.717, 1.165) is 22.7 Å². The molecule has 0 fully saturated rings. The van der Waals surface area contributed by atoms with Gasteiger partial charge >= 0.3 is 11.9 Å². The first-order valence-corrected chi connectivity index (χ1v) is 8.21. The second-order valence-corrected chi connectivity index (χ2v) is 6.40. The summed E-state index contributed by atoms with van der Waals surface area (Å²) in [7, 11) is 2.49. The minimum absolute atomic E-state index is 0.00914. The smallest absolute Gasteiger partial charge is 0.348 e. The lowest BCUT2D eigenvalue weighted by atomic mass is 10.1. The van der Waals surface area contributed by atoms with E-state index in [1.807, 2.05) is 19.9 Å². The molecule has 0 aliphatic carbocycles. The molecule has 134 valence electrons. The first kappa shape index (κ1) is 18.7. The molecule has 1 amide bonds. The zero-order valence-corrected chi connectivity index (χ0v) is 15.4. The zero-order chi connectivity index (χ0) is 18.7. The molecule has 2 aromatic heterocycles. The number of nitrogens with zero attached hydrogens (tertiary/aromatic N) is 2. The van der Waals surface area contributed by atoms with Gasteiger partial charge in [0.15, 0.2) is 0 Å². The molecule has 0 radical (unpaired) electrons. The van der Waals surface area contributed by atoms with Crippen molar-refractivity contribution in [2.24, 2.45) is 0 Å². The number of hydrogen-bond acceptors (Lipinski definition) is 7. The second-order valence-electron chi connectivity index (χ2n) is 5.38. The van der Waals surface area contributed by atoms with Gasteiger partial charge in [0.2, 0.25) is 5.91 Å². The fourth-order valence-electron chi connectivity index (χ4n) is 2.37. The maximum atomic E-state index is 12.3. The van der Waals surface area contributed by atoms with Crippen LogP contribution in [0, 0.1) is 20.8 Å². The number of aryl methyl sites for hydroxylation is 2. The van der Waals surface area contributed by atoms with Crippen LogP contribution in [0.5, 0.6) is 0 Å². The number of nitrogens with one attached hydrogen (secondary N) is 1. The maximum Gasteiger partial charge on any atom is 0.348 e. The second kappa shape index (κ2) is 7.47. The highest BCUT2D eigenvalue weighted by molar-refractivity contribution is 7.18. The number of carbonyl (C=O) groups is 3. The normalized spacial score (nSPS) is 10.4. The number of esters is 2. The van der Waals surface area contributed by atoms with Gasteiger partial charge in [-0.15, -0.1) is 11.3 Å². The average Bonchev–Trinajstić information content (AvgIpc) is 3.04. The first-order valence-electron chi connectivity index (χ1n) is 7.39. The third-order valence-corrected chi connectivity index (χ3v) is 4.74. The Kier molecular flexibility index (Phi) is 5.58. The van der Waals surface area contributed by atoms with Crippen LogP contribution in [0.2, 0.25) is 0 Å². The standard InChI is InChI=1S/C16H19N3O5S/c1-8-6-9(2)19(18-8)7-11(20)17-14-12(15(21)23-4)10(3)13(25-14)16(22)24-5/h6H,7H2,1-5H3,(H,17,20). The molecule has 9 heteroatoms. The van der Waals surface area contributed by atoms with E-state index in [2.05, 4.69) is 10.4 Å². The average molecular weight is 365 g/mol. The summed E-state index contributed by atoms with van der Waals surface area (Å²) in [5, 5.41) is 7.13. The van der Waals surface area contributed by atoms with Gasteiger partial charge in [-0.1, -0.05) is 0 Å². The molecule has 0 saturated heterocycles. The third-order valence-electron chi connectivity index (χ3n) is 3.56. The summed E-state index contributed by atoms with van der Waals surface area (Å²) in [6.45, 7) is 5.27. The van der Waals surface area contributed by atoms with Crippen LogP contribution in [0.15, 0.2) is 6.07 Å². The number of hydrogen-bond donors (Lipinski definition) is 1. The molecule has 2 rings (SSSR count). The van der Waals surface area contributed by atoms with E-state index in [-0.39, 0.29) is 27.9 Å². The molecule has 0 aromatic carbocycles. The van der Waals surface area contributed by atoms with Gasteiger partial charge in [-0.3, -0.25) is 9.48 Å². The largest absolute Gasteiger partial charge is 0.465 e. The molecule has 8 nitrogen and oxygen atoms in total. The lowest BCUT2D eigenvalue weighted by Crippen LogP contribution is -2.21. The minimum Gasteiger partial charge on any atom is -0.465 e. The third kappa shape index (κ3) is 3.87. The molecule has 0 saturated carbocycles. The Morgan fingerprint density at radius 3 is 2.32 bits per heavy atom. The lowest BCUT2D eigenvalue weighted by molar-refractivity contribution is -0.116. The molecule has 0 spiro atoms. The van der Waals surface area contributed by atoms with Crippen molar-refractivity contribution in [3.05, 3.63) is 33.5 Å². The predicted octanol–water partition coefficient (Wildman–Crippen LogP) is 2.08. The highest BCUT2D eigenvalue weighted by Crippen LogP contribution is 2.34. The lowest BCUT2D eigenvalue weighted by Gasteiger charge is -2.07. The van der Waals surface area contributed by atoms with E-state index in [1.165, 1.54) is 14.2 Å². The van der Waals surface area contributed by atoms with Crippen molar-refractivity contribution in [1.82, 2.24) is 9.78 Å². The fourth-order valence-corrected chi connectivity index (χ4v) is 3.50. The number of amides is 1.